The fraction of sp³-hybridized carbons (Fsp3) is 0.333. The summed E-state index contributed by atoms with van der Waals surface area (Å²) in [7, 11) is 0. The number of carbonyl (C=O) groups is 1. The summed E-state index contributed by atoms with van der Waals surface area (Å²) in [4.78, 5) is 18.5. The van der Waals surface area contributed by atoms with Crippen LogP contribution in [0.4, 0.5) is 5.69 Å². The molecule has 0 saturated carbocycles. The van der Waals surface area contributed by atoms with Gasteiger partial charge in [0, 0.05) is 19.3 Å². The van der Waals surface area contributed by atoms with Gasteiger partial charge in [0.15, 0.2) is 0 Å². The van der Waals surface area contributed by atoms with Crippen molar-refractivity contribution in [3.63, 3.8) is 0 Å². The minimum Gasteiger partial charge on any atom is -0.383 e. The Bertz CT molecular complexity index is 747. The van der Waals surface area contributed by atoms with E-state index >= 15 is 0 Å². The number of hydrogen-bond donors (Lipinski definition) is 2. The summed E-state index contributed by atoms with van der Waals surface area (Å²) in [6.45, 7) is 1.47. The van der Waals surface area contributed by atoms with Crippen molar-refractivity contribution >= 4 is 34.8 Å². The second-order valence-corrected chi connectivity index (χ2v) is 6.96. The first-order valence-corrected chi connectivity index (χ1v) is 8.84. The fourth-order valence-corrected chi connectivity index (χ4v) is 3.32. The van der Waals surface area contributed by atoms with Gasteiger partial charge in [-0.3, -0.25) is 14.7 Å². The van der Waals surface area contributed by atoms with Crippen LogP contribution in [0.1, 0.15) is 18.5 Å². The lowest BCUT2D eigenvalue weighted by atomic mass is 9.88. The number of halogens is 2. The van der Waals surface area contributed by atoms with Gasteiger partial charge < -0.3 is 10.4 Å². The van der Waals surface area contributed by atoms with Crippen LogP contribution in [-0.2, 0) is 10.4 Å². The van der Waals surface area contributed by atoms with E-state index in [-0.39, 0.29) is 12.5 Å². The average molecular weight is 380 g/mol. The number of amides is 1. The van der Waals surface area contributed by atoms with Gasteiger partial charge in [0.25, 0.3) is 0 Å². The smallest absolute Gasteiger partial charge is 0.238 e. The van der Waals surface area contributed by atoms with Gasteiger partial charge in [-0.1, -0.05) is 35.3 Å². The highest BCUT2D eigenvalue weighted by molar-refractivity contribution is 6.43. The number of aromatic nitrogens is 1. The van der Waals surface area contributed by atoms with E-state index in [4.69, 9.17) is 23.2 Å². The predicted octanol–water partition coefficient (Wildman–Crippen LogP) is 3.31. The second-order valence-electron chi connectivity index (χ2n) is 6.17. The van der Waals surface area contributed by atoms with Crippen molar-refractivity contribution in [2.24, 2.45) is 0 Å². The van der Waals surface area contributed by atoms with Crippen molar-refractivity contribution in [1.82, 2.24) is 9.88 Å². The molecule has 132 valence electrons. The van der Waals surface area contributed by atoms with Gasteiger partial charge in [-0.25, -0.2) is 0 Å². The van der Waals surface area contributed by atoms with Gasteiger partial charge in [0.05, 0.1) is 28.0 Å². The van der Waals surface area contributed by atoms with Crippen molar-refractivity contribution in [3.8, 4) is 0 Å². The molecule has 2 heterocycles. The molecule has 7 heteroatoms. The van der Waals surface area contributed by atoms with Crippen LogP contribution in [0.25, 0.3) is 0 Å². The van der Waals surface area contributed by atoms with Crippen molar-refractivity contribution < 1.29 is 9.90 Å². The molecule has 1 aromatic carbocycles. The SMILES string of the molecule is O=C(CN1CCC(O)(c2ccccn2)CC1)Nc1cccc(Cl)c1Cl. The monoisotopic (exact) mass is 379 g/mol. The van der Waals surface area contributed by atoms with Gasteiger partial charge in [0.1, 0.15) is 5.60 Å². The van der Waals surface area contributed by atoms with E-state index in [0.29, 0.717) is 47.4 Å². The van der Waals surface area contributed by atoms with E-state index in [1.807, 2.05) is 23.1 Å². The van der Waals surface area contributed by atoms with E-state index in [2.05, 4.69) is 10.3 Å². The number of nitrogens with zero attached hydrogens (tertiary/aromatic N) is 2. The van der Waals surface area contributed by atoms with Crippen molar-refractivity contribution in [1.29, 1.82) is 0 Å². The molecule has 0 bridgehead atoms. The van der Waals surface area contributed by atoms with E-state index in [1.165, 1.54) is 0 Å². The lowest BCUT2D eigenvalue weighted by Crippen LogP contribution is -2.45. The highest BCUT2D eigenvalue weighted by atomic mass is 35.5. The van der Waals surface area contributed by atoms with Crippen molar-refractivity contribution in [2.75, 3.05) is 25.0 Å². The number of piperidine rings is 1. The first kappa shape index (κ1) is 18.1. The third-order valence-electron chi connectivity index (χ3n) is 4.42. The van der Waals surface area contributed by atoms with Gasteiger partial charge in [-0.2, -0.15) is 0 Å². The maximum atomic E-state index is 12.2. The highest BCUT2D eigenvalue weighted by Crippen LogP contribution is 2.32. The maximum Gasteiger partial charge on any atom is 0.238 e. The number of aliphatic hydroxyl groups is 1. The maximum absolute atomic E-state index is 12.2. The van der Waals surface area contributed by atoms with Crippen LogP contribution < -0.4 is 5.32 Å². The van der Waals surface area contributed by atoms with E-state index < -0.39 is 5.60 Å². The molecule has 2 N–H and O–H groups in total. The third-order valence-corrected chi connectivity index (χ3v) is 5.24. The predicted molar refractivity (Wildman–Crippen MR) is 98.9 cm³/mol. The Hall–Kier alpha value is -1.66. The summed E-state index contributed by atoms with van der Waals surface area (Å²) in [6.07, 6.45) is 2.76. The number of nitrogens with one attached hydrogen (secondary N) is 1. The molecule has 0 radical (unpaired) electrons. The van der Waals surface area contributed by atoms with Gasteiger partial charge in [0.2, 0.25) is 5.91 Å². The van der Waals surface area contributed by atoms with E-state index in [0.717, 1.165) is 0 Å². The molecule has 1 aromatic heterocycles. The Kier molecular flexibility index (Phi) is 5.59. The standard InChI is InChI=1S/C18H19Cl2N3O2/c19-13-4-3-5-14(17(13)20)22-16(24)12-23-10-7-18(25,8-11-23)15-6-1-2-9-21-15/h1-6,9,25H,7-8,10-12H2,(H,22,24). The Labute approximate surface area is 156 Å². The summed E-state index contributed by atoms with van der Waals surface area (Å²) in [6, 6.07) is 10.6. The van der Waals surface area contributed by atoms with Crippen molar-refractivity contribution in [3.05, 3.63) is 58.3 Å². The zero-order valence-electron chi connectivity index (χ0n) is 13.6. The third kappa shape index (κ3) is 4.30. The first-order chi connectivity index (χ1) is 12.0. The number of anilines is 1. The van der Waals surface area contributed by atoms with Crippen LogP contribution in [0.2, 0.25) is 10.0 Å². The molecule has 2 aromatic rings. The Morgan fingerprint density at radius 1 is 1.20 bits per heavy atom. The van der Waals surface area contributed by atoms with Crippen LogP contribution in [0.5, 0.6) is 0 Å². The molecule has 25 heavy (non-hydrogen) atoms. The summed E-state index contributed by atoms with van der Waals surface area (Å²) in [5, 5.41) is 14.3. The fourth-order valence-electron chi connectivity index (χ4n) is 2.97. The lowest BCUT2D eigenvalue weighted by molar-refractivity contribution is -0.118. The second kappa shape index (κ2) is 7.70. The topological polar surface area (TPSA) is 65.5 Å². The molecular weight excluding hydrogens is 361 g/mol. The molecule has 1 fully saturated rings. The highest BCUT2D eigenvalue weighted by Gasteiger charge is 2.35. The summed E-state index contributed by atoms with van der Waals surface area (Å²) >= 11 is 12.0. The molecular formula is C18H19Cl2N3O2. The summed E-state index contributed by atoms with van der Waals surface area (Å²) in [5.74, 6) is -0.160. The molecule has 0 spiro atoms. The van der Waals surface area contributed by atoms with E-state index in [1.54, 1.807) is 24.4 Å². The summed E-state index contributed by atoms with van der Waals surface area (Å²) in [5.41, 5.74) is 0.260. The quantitative estimate of drug-likeness (QED) is 0.854. The molecule has 1 aliphatic heterocycles. The lowest BCUT2D eigenvalue weighted by Gasteiger charge is -2.37. The van der Waals surface area contributed by atoms with Crippen molar-refractivity contribution in [2.45, 2.75) is 18.4 Å². The largest absolute Gasteiger partial charge is 0.383 e. The molecule has 1 aliphatic rings. The Morgan fingerprint density at radius 2 is 1.96 bits per heavy atom. The number of hydrogen-bond acceptors (Lipinski definition) is 4. The van der Waals surface area contributed by atoms with Gasteiger partial charge in [-0.15, -0.1) is 0 Å². The number of benzene rings is 1. The number of rotatable bonds is 4. The van der Waals surface area contributed by atoms with Gasteiger partial charge in [-0.05, 0) is 37.1 Å². The molecule has 1 amide bonds. The zero-order valence-corrected chi connectivity index (χ0v) is 15.1. The molecule has 5 nitrogen and oxygen atoms in total. The zero-order chi connectivity index (χ0) is 17.9. The van der Waals surface area contributed by atoms with Crippen LogP contribution >= 0.6 is 23.2 Å². The first-order valence-electron chi connectivity index (χ1n) is 8.08. The minimum atomic E-state index is -0.926. The number of likely N-dealkylation sites (tertiary alicyclic amines) is 1. The average Bonchev–Trinajstić information content (AvgIpc) is 2.62. The van der Waals surface area contributed by atoms with E-state index in [9.17, 15) is 9.90 Å². The number of pyridine rings is 1. The molecule has 0 aliphatic carbocycles. The van der Waals surface area contributed by atoms with Crippen LogP contribution in [0.3, 0.4) is 0 Å². The van der Waals surface area contributed by atoms with Crippen LogP contribution in [0.15, 0.2) is 42.6 Å². The Balaban J connectivity index is 1.55. The normalized spacial score (nSPS) is 17.2. The van der Waals surface area contributed by atoms with Crippen LogP contribution in [-0.4, -0.2) is 40.5 Å². The molecule has 3 rings (SSSR count). The molecule has 0 unspecified atom stereocenters. The Morgan fingerprint density at radius 3 is 2.64 bits per heavy atom. The molecule has 1 saturated heterocycles. The van der Waals surface area contributed by atoms with Gasteiger partial charge >= 0.3 is 0 Å². The summed E-state index contributed by atoms with van der Waals surface area (Å²) < 4.78 is 0. The van der Waals surface area contributed by atoms with Crippen LogP contribution in [0, 0.1) is 0 Å². The molecule has 0 atom stereocenters. The minimum absolute atomic E-state index is 0.160. The number of carbonyl (C=O) groups excluding carboxylic acids is 1.